The average Bonchev–Trinajstić information content (AvgIpc) is 3.30. The topological polar surface area (TPSA) is 155 Å². The van der Waals surface area contributed by atoms with Crippen LogP contribution in [0.2, 0.25) is 5.02 Å². The number of aromatic amines is 1. The van der Waals surface area contributed by atoms with Crippen molar-refractivity contribution in [2.45, 2.75) is 17.9 Å². The number of nitrogens with zero attached hydrogens (tertiary/aromatic N) is 4. The quantitative estimate of drug-likeness (QED) is 0.205. The van der Waals surface area contributed by atoms with Gasteiger partial charge in [0.1, 0.15) is 11.9 Å². The fourth-order valence-corrected chi connectivity index (χ4v) is 5.15. The molecular formula is C29H22ClN7O4. The lowest BCUT2D eigenvalue weighted by molar-refractivity contribution is -0.124. The Kier molecular flexibility index (Phi) is 6.56. The van der Waals surface area contributed by atoms with E-state index in [0.717, 1.165) is 16.5 Å². The van der Waals surface area contributed by atoms with Crippen molar-refractivity contribution in [1.29, 1.82) is 0 Å². The molecule has 12 heteroatoms. The lowest BCUT2D eigenvalue weighted by atomic mass is 10.0. The van der Waals surface area contributed by atoms with E-state index >= 15 is 0 Å². The Bertz CT molecular complexity index is 1810. The van der Waals surface area contributed by atoms with E-state index in [1.807, 2.05) is 30.5 Å². The van der Waals surface area contributed by atoms with Crippen molar-refractivity contribution in [3.8, 4) is 5.69 Å². The van der Waals surface area contributed by atoms with Gasteiger partial charge in [-0.05, 0) is 77.0 Å². The van der Waals surface area contributed by atoms with Gasteiger partial charge < -0.3 is 20.7 Å². The zero-order chi connectivity index (χ0) is 28.6. The molecule has 5 aromatic rings. The third kappa shape index (κ3) is 5.06. The molecule has 0 bridgehead atoms. The number of benzene rings is 3. The molecule has 0 radical (unpaired) electrons. The van der Waals surface area contributed by atoms with Crippen LogP contribution in [0.4, 0.5) is 5.69 Å². The maximum atomic E-state index is 13.7. The second kappa shape index (κ2) is 10.4. The fourth-order valence-electron chi connectivity index (χ4n) is 4.97. The first-order chi connectivity index (χ1) is 19.8. The molecule has 4 N–H and O–H groups in total. The number of carbonyl (C=O) groups excluding carboxylic acids is 2. The largest absolute Gasteiger partial charge is 0.478 e. The minimum atomic E-state index is -1.23. The molecule has 41 heavy (non-hydrogen) atoms. The highest BCUT2D eigenvalue weighted by Crippen LogP contribution is 2.53. The number of hydrogen-bond acceptors (Lipinski definition) is 6. The van der Waals surface area contributed by atoms with E-state index in [4.69, 9.17) is 11.6 Å². The van der Waals surface area contributed by atoms with Gasteiger partial charge in [0.15, 0.2) is 0 Å². The maximum Gasteiger partial charge on any atom is 0.335 e. The first-order valence-corrected chi connectivity index (χ1v) is 13.0. The minimum Gasteiger partial charge on any atom is -0.478 e. The van der Waals surface area contributed by atoms with E-state index in [9.17, 15) is 19.5 Å². The third-order valence-electron chi connectivity index (χ3n) is 7.10. The van der Waals surface area contributed by atoms with Gasteiger partial charge in [0.2, 0.25) is 5.91 Å². The van der Waals surface area contributed by atoms with Crippen LogP contribution in [0.3, 0.4) is 0 Å². The summed E-state index contributed by atoms with van der Waals surface area (Å²) in [4.78, 5) is 41.4. The number of hydrogen-bond donors (Lipinski definition) is 4. The van der Waals surface area contributed by atoms with Crippen LogP contribution in [0.25, 0.3) is 22.7 Å². The lowest BCUT2D eigenvalue weighted by Gasteiger charge is -2.19. The number of halogens is 1. The van der Waals surface area contributed by atoms with E-state index < -0.39 is 23.3 Å². The van der Waals surface area contributed by atoms with Crippen LogP contribution in [0.5, 0.6) is 0 Å². The number of para-hydroxylation sites is 1. The van der Waals surface area contributed by atoms with Gasteiger partial charge in [-0.15, -0.1) is 5.10 Å². The molecule has 1 unspecified atom stereocenters. The molecule has 2 aromatic heterocycles. The third-order valence-corrected chi connectivity index (χ3v) is 7.33. The number of rotatable bonds is 8. The number of amides is 2. The van der Waals surface area contributed by atoms with Crippen molar-refractivity contribution in [3.05, 3.63) is 107 Å². The predicted molar refractivity (Wildman–Crippen MR) is 152 cm³/mol. The molecule has 6 rings (SSSR count). The first kappa shape index (κ1) is 26.0. The molecule has 2 atom stereocenters. The molecule has 0 aliphatic heterocycles. The zero-order valence-electron chi connectivity index (χ0n) is 21.3. The number of aromatic nitrogens is 5. The van der Waals surface area contributed by atoms with Crippen molar-refractivity contribution < 1.29 is 19.5 Å². The van der Waals surface area contributed by atoms with Crippen molar-refractivity contribution in [3.63, 3.8) is 0 Å². The summed E-state index contributed by atoms with van der Waals surface area (Å²) in [5, 5.41) is 27.6. The smallest absolute Gasteiger partial charge is 0.335 e. The predicted octanol–water partition coefficient (Wildman–Crippen LogP) is 4.19. The summed E-state index contributed by atoms with van der Waals surface area (Å²) in [6, 6.07) is 18.7. The SMILES string of the molecule is O=C(/C=C/c1cc(Cl)ccc1-n1cnnn1)NC1(C(=O)Nc2ccc(C(=O)O)cc2)C[C@H]1c1c[nH]c2ccccc12. The molecule has 3 aromatic carbocycles. The number of anilines is 1. The molecule has 1 fully saturated rings. The van der Waals surface area contributed by atoms with Gasteiger partial charge in [-0.25, -0.2) is 4.79 Å². The molecule has 1 aliphatic carbocycles. The van der Waals surface area contributed by atoms with Crippen LogP contribution >= 0.6 is 11.6 Å². The summed E-state index contributed by atoms with van der Waals surface area (Å²) in [7, 11) is 0. The van der Waals surface area contributed by atoms with Crippen molar-refractivity contribution in [1.82, 2.24) is 30.5 Å². The molecule has 11 nitrogen and oxygen atoms in total. The van der Waals surface area contributed by atoms with E-state index in [2.05, 4.69) is 31.1 Å². The average molecular weight is 568 g/mol. The second-order valence-electron chi connectivity index (χ2n) is 9.63. The summed E-state index contributed by atoms with van der Waals surface area (Å²) in [6.45, 7) is 0. The lowest BCUT2D eigenvalue weighted by Crippen LogP contribution is -2.47. The number of aromatic carboxylic acids is 1. The summed E-state index contributed by atoms with van der Waals surface area (Å²) in [5.41, 5.74) is 2.34. The van der Waals surface area contributed by atoms with Gasteiger partial charge in [-0.2, -0.15) is 4.68 Å². The number of carboxylic acids is 1. The Hall–Kier alpha value is -5.29. The molecule has 0 spiro atoms. The number of nitrogens with one attached hydrogen (secondary N) is 3. The molecule has 1 aliphatic rings. The van der Waals surface area contributed by atoms with Crippen LogP contribution in [0, 0.1) is 0 Å². The molecule has 1 saturated carbocycles. The second-order valence-corrected chi connectivity index (χ2v) is 10.1. The fraction of sp³-hybridized carbons (Fsp3) is 0.103. The van der Waals surface area contributed by atoms with E-state index in [1.54, 1.807) is 24.3 Å². The number of H-pyrrole nitrogens is 1. The molecular weight excluding hydrogens is 546 g/mol. The van der Waals surface area contributed by atoms with Crippen LogP contribution in [0.1, 0.15) is 33.8 Å². The molecule has 2 heterocycles. The summed E-state index contributed by atoms with van der Waals surface area (Å²) >= 11 is 6.20. The number of carbonyl (C=O) groups is 3. The highest BCUT2D eigenvalue weighted by atomic mass is 35.5. The molecule has 204 valence electrons. The Morgan fingerprint density at radius 1 is 1.10 bits per heavy atom. The summed E-state index contributed by atoms with van der Waals surface area (Å²) in [5.74, 6) is -2.25. The standard InChI is InChI=1S/C29H22ClN7O4/c30-19-8-11-25(37-16-32-35-36-37)18(13-19)7-12-26(38)34-29(28(41)33-20-9-5-17(6-10-20)27(39)40)14-23(29)22-15-31-24-4-2-1-3-21(22)24/h1-13,15-16,23,31H,14H2,(H,33,41)(H,34,38)(H,39,40)/b12-7+/t23-,29?/m0/s1. The van der Waals surface area contributed by atoms with Crippen molar-refractivity contribution in [2.24, 2.45) is 0 Å². The van der Waals surface area contributed by atoms with Gasteiger partial charge in [-0.3, -0.25) is 9.59 Å². The number of fused-ring (bicyclic) bond motifs is 1. The highest BCUT2D eigenvalue weighted by molar-refractivity contribution is 6.30. The molecule has 0 saturated heterocycles. The number of carboxylic acid groups (broad SMARTS) is 1. The maximum absolute atomic E-state index is 13.7. The van der Waals surface area contributed by atoms with Crippen LogP contribution in [-0.4, -0.2) is 53.6 Å². The summed E-state index contributed by atoms with van der Waals surface area (Å²) < 4.78 is 1.45. The van der Waals surface area contributed by atoms with Crippen molar-refractivity contribution in [2.75, 3.05) is 5.32 Å². The van der Waals surface area contributed by atoms with Crippen LogP contribution in [0.15, 0.2) is 85.3 Å². The Labute approximate surface area is 237 Å². The van der Waals surface area contributed by atoms with E-state index in [0.29, 0.717) is 28.4 Å². The van der Waals surface area contributed by atoms with E-state index in [1.165, 1.54) is 41.4 Å². The highest BCUT2D eigenvalue weighted by Gasteiger charge is 2.62. The van der Waals surface area contributed by atoms with Crippen LogP contribution < -0.4 is 10.6 Å². The Balaban J connectivity index is 1.28. The van der Waals surface area contributed by atoms with Gasteiger partial charge in [0, 0.05) is 45.4 Å². The van der Waals surface area contributed by atoms with Crippen LogP contribution in [-0.2, 0) is 9.59 Å². The van der Waals surface area contributed by atoms with Gasteiger partial charge in [0.05, 0.1) is 11.3 Å². The van der Waals surface area contributed by atoms with E-state index in [-0.39, 0.29) is 11.5 Å². The van der Waals surface area contributed by atoms with Gasteiger partial charge in [-0.1, -0.05) is 29.8 Å². The Morgan fingerprint density at radius 2 is 1.90 bits per heavy atom. The summed E-state index contributed by atoms with van der Waals surface area (Å²) in [6.07, 6.45) is 6.58. The number of tetrazole rings is 1. The first-order valence-electron chi connectivity index (χ1n) is 12.6. The van der Waals surface area contributed by atoms with Gasteiger partial charge >= 0.3 is 5.97 Å². The van der Waals surface area contributed by atoms with Gasteiger partial charge in [0.25, 0.3) is 5.91 Å². The normalized spacial score (nSPS) is 17.9. The molecule has 2 amide bonds. The Morgan fingerprint density at radius 3 is 2.66 bits per heavy atom. The zero-order valence-corrected chi connectivity index (χ0v) is 22.0. The van der Waals surface area contributed by atoms with Crippen molar-refractivity contribution >= 4 is 52.1 Å². The minimum absolute atomic E-state index is 0.0984. The monoisotopic (exact) mass is 567 g/mol.